The number of carbonyl (C=O) groups is 1. The quantitative estimate of drug-likeness (QED) is 0.844. The Labute approximate surface area is 118 Å². The van der Waals surface area contributed by atoms with Gasteiger partial charge in [0.15, 0.2) is 10.8 Å². The highest BCUT2D eigenvalue weighted by Crippen LogP contribution is 2.33. The number of aromatic nitrogens is 1. The van der Waals surface area contributed by atoms with Gasteiger partial charge in [-0.25, -0.2) is 9.78 Å². The van der Waals surface area contributed by atoms with Crippen LogP contribution in [0.15, 0.2) is 32.5 Å². The molecule has 0 spiro atoms. The maximum Gasteiger partial charge on any atom is 0.355 e. The van der Waals surface area contributed by atoms with Gasteiger partial charge in [-0.15, -0.1) is 11.3 Å². The molecule has 1 aromatic heterocycles. The van der Waals surface area contributed by atoms with E-state index in [4.69, 9.17) is 5.11 Å². The Hall–Kier alpha value is -0.920. The molecular weight excluding hydrogens is 372 g/mol. The lowest BCUT2D eigenvalue weighted by atomic mass is 10.3. The number of benzene rings is 1. The molecule has 0 bridgehead atoms. The van der Waals surface area contributed by atoms with Gasteiger partial charge < -0.3 is 10.4 Å². The molecule has 0 amide bonds. The van der Waals surface area contributed by atoms with Crippen molar-refractivity contribution in [3.63, 3.8) is 0 Å². The summed E-state index contributed by atoms with van der Waals surface area (Å²) in [5, 5.41) is 13.9. The molecule has 0 aliphatic carbocycles. The normalized spacial score (nSPS) is 10.2. The minimum Gasteiger partial charge on any atom is -0.476 e. The number of rotatable bonds is 3. The molecule has 4 nitrogen and oxygen atoms in total. The molecule has 7 heteroatoms. The maximum atomic E-state index is 10.7. The summed E-state index contributed by atoms with van der Waals surface area (Å²) in [5.74, 6) is -1.03. The predicted molar refractivity (Wildman–Crippen MR) is 74.2 cm³/mol. The number of carboxylic acid groups (broad SMARTS) is 1. The van der Waals surface area contributed by atoms with Gasteiger partial charge in [-0.2, -0.15) is 0 Å². The van der Waals surface area contributed by atoms with Crippen LogP contribution in [0.4, 0.5) is 10.8 Å². The highest BCUT2D eigenvalue weighted by atomic mass is 79.9. The van der Waals surface area contributed by atoms with Crippen molar-refractivity contribution in [2.45, 2.75) is 0 Å². The molecule has 0 aliphatic rings. The van der Waals surface area contributed by atoms with E-state index in [9.17, 15) is 4.79 Å². The molecular formula is C10H6Br2N2O2S. The first-order chi connectivity index (χ1) is 8.08. The molecule has 1 heterocycles. The van der Waals surface area contributed by atoms with Crippen molar-refractivity contribution in [1.29, 1.82) is 0 Å². The standard InChI is InChI=1S/C10H6Br2N2O2S/c11-5-2-1-3-6(12)8(5)14-10-13-7(4-17-10)9(15)16/h1-4H,(H,13,14)(H,15,16). The minimum absolute atomic E-state index is 0.0423. The predicted octanol–water partition coefficient (Wildman–Crippen LogP) is 4.11. The number of anilines is 2. The van der Waals surface area contributed by atoms with Crippen LogP contribution >= 0.6 is 43.2 Å². The third kappa shape index (κ3) is 2.85. The van der Waals surface area contributed by atoms with Gasteiger partial charge in [-0.05, 0) is 44.0 Å². The van der Waals surface area contributed by atoms with E-state index in [0.717, 1.165) is 14.6 Å². The van der Waals surface area contributed by atoms with Gasteiger partial charge in [-0.1, -0.05) is 6.07 Å². The van der Waals surface area contributed by atoms with Crippen molar-refractivity contribution in [1.82, 2.24) is 4.98 Å². The van der Waals surface area contributed by atoms with Crippen LogP contribution in [0.1, 0.15) is 10.5 Å². The summed E-state index contributed by atoms with van der Waals surface area (Å²) in [6.07, 6.45) is 0. The summed E-state index contributed by atoms with van der Waals surface area (Å²) in [6, 6.07) is 5.67. The topological polar surface area (TPSA) is 62.2 Å². The maximum absolute atomic E-state index is 10.7. The zero-order valence-electron chi connectivity index (χ0n) is 8.28. The van der Waals surface area contributed by atoms with Crippen LogP contribution < -0.4 is 5.32 Å². The Bertz CT molecular complexity index is 551. The van der Waals surface area contributed by atoms with E-state index < -0.39 is 5.97 Å². The van der Waals surface area contributed by atoms with Crippen LogP contribution in [0.2, 0.25) is 0 Å². The first kappa shape index (κ1) is 12.5. The number of halogens is 2. The molecule has 88 valence electrons. The molecule has 17 heavy (non-hydrogen) atoms. The number of thiazole rings is 1. The summed E-state index contributed by atoms with van der Waals surface area (Å²) in [7, 11) is 0. The molecule has 0 unspecified atom stereocenters. The van der Waals surface area contributed by atoms with E-state index in [1.807, 2.05) is 18.2 Å². The molecule has 0 atom stereocenters. The van der Waals surface area contributed by atoms with Gasteiger partial charge in [-0.3, -0.25) is 0 Å². The molecule has 0 saturated carbocycles. The van der Waals surface area contributed by atoms with Crippen LogP contribution in [0.5, 0.6) is 0 Å². The zero-order chi connectivity index (χ0) is 12.4. The second-order valence-electron chi connectivity index (χ2n) is 3.06. The second kappa shape index (κ2) is 5.16. The van der Waals surface area contributed by atoms with Crippen molar-refractivity contribution in [3.05, 3.63) is 38.2 Å². The van der Waals surface area contributed by atoms with E-state index in [-0.39, 0.29) is 5.69 Å². The Morgan fingerprint density at radius 1 is 1.35 bits per heavy atom. The van der Waals surface area contributed by atoms with Gasteiger partial charge in [0.05, 0.1) is 5.69 Å². The Kier molecular flexibility index (Phi) is 3.80. The molecule has 0 fully saturated rings. The fourth-order valence-electron chi connectivity index (χ4n) is 1.15. The zero-order valence-corrected chi connectivity index (χ0v) is 12.3. The summed E-state index contributed by atoms with van der Waals surface area (Å²) < 4.78 is 1.75. The van der Waals surface area contributed by atoms with E-state index in [1.165, 1.54) is 16.7 Å². The van der Waals surface area contributed by atoms with Crippen molar-refractivity contribution in [2.75, 3.05) is 5.32 Å². The Morgan fingerprint density at radius 2 is 2.00 bits per heavy atom. The Balaban J connectivity index is 2.28. The largest absolute Gasteiger partial charge is 0.476 e. The molecule has 0 radical (unpaired) electrons. The molecule has 0 saturated heterocycles. The number of aromatic carboxylic acids is 1. The second-order valence-corrected chi connectivity index (χ2v) is 5.63. The third-order valence-electron chi connectivity index (χ3n) is 1.92. The fraction of sp³-hybridized carbons (Fsp3) is 0. The summed E-state index contributed by atoms with van der Waals surface area (Å²) in [4.78, 5) is 14.7. The van der Waals surface area contributed by atoms with Crippen LogP contribution in [0.3, 0.4) is 0 Å². The van der Waals surface area contributed by atoms with E-state index in [0.29, 0.717) is 5.13 Å². The van der Waals surface area contributed by atoms with Gasteiger partial charge in [0, 0.05) is 14.3 Å². The first-order valence-electron chi connectivity index (χ1n) is 4.48. The molecule has 2 rings (SSSR count). The van der Waals surface area contributed by atoms with Crippen molar-refractivity contribution < 1.29 is 9.90 Å². The average Bonchev–Trinajstić information content (AvgIpc) is 2.72. The molecule has 0 aliphatic heterocycles. The lowest BCUT2D eigenvalue weighted by Crippen LogP contribution is -1.97. The number of nitrogens with one attached hydrogen (secondary N) is 1. The van der Waals surface area contributed by atoms with Crippen LogP contribution in [-0.4, -0.2) is 16.1 Å². The number of hydrogen-bond acceptors (Lipinski definition) is 4. The van der Waals surface area contributed by atoms with Crippen LogP contribution in [0.25, 0.3) is 0 Å². The highest BCUT2D eigenvalue weighted by Gasteiger charge is 2.11. The highest BCUT2D eigenvalue weighted by molar-refractivity contribution is 9.11. The average molecular weight is 378 g/mol. The van der Waals surface area contributed by atoms with Gasteiger partial charge in [0.1, 0.15) is 0 Å². The number of carboxylic acids is 1. The third-order valence-corrected chi connectivity index (χ3v) is 4.00. The van der Waals surface area contributed by atoms with Crippen LogP contribution in [0, 0.1) is 0 Å². The van der Waals surface area contributed by atoms with Crippen molar-refractivity contribution in [3.8, 4) is 0 Å². The number of nitrogens with zero attached hydrogens (tertiary/aromatic N) is 1. The monoisotopic (exact) mass is 376 g/mol. The Morgan fingerprint density at radius 3 is 2.53 bits per heavy atom. The summed E-state index contributed by atoms with van der Waals surface area (Å²) >= 11 is 8.06. The SMILES string of the molecule is O=C(O)c1csc(Nc2c(Br)cccc2Br)n1. The number of hydrogen-bond donors (Lipinski definition) is 2. The first-order valence-corrected chi connectivity index (χ1v) is 6.94. The van der Waals surface area contributed by atoms with E-state index in [1.54, 1.807) is 0 Å². The van der Waals surface area contributed by atoms with E-state index in [2.05, 4.69) is 42.2 Å². The fourth-order valence-corrected chi connectivity index (χ4v) is 3.04. The van der Waals surface area contributed by atoms with E-state index >= 15 is 0 Å². The lowest BCUT2D eigenvalue weighted by Gasteiger charge is -2.07. The minimum atomic E-state index is -1.03. The lowest BCUT2D eigenvalue weighted by molar-refractivity contribution is 0.0691. The van der Waals surface area contributed by atoms with Gasteiger partial charge >= 0.3 is 5.97 Å². The molecule has 2 aromatic rings. The van der Waals surface area contributed by atoms with Gasteiger partial charge in [0.2, 0.25) is 0 Å². The van der Waals surface area contributed by atoms with Crippen LogP contribution in [-0.2, 0) is 0 Å². The summed E-state index contributed by atoms with van der Waals surface area (Å²) in [5.41, 5.74) is 0.861. The van der Waals surface area contributed by atoms with Gasteiger partial charge in [0.25, 0.3) is 0 Å². The van der Waals surface area contributed by atoms with Crippen molar-refractivity contribution >= 4 is 60.0 Å². The number of para-hydroxylation sites is 1. The molecule has 1 aromatic carbocycles. The van der Waals surface area contributed by atoms with Crippen molar-refractivity contribution in [2.24, 2.45) is 0 Å². The smallest absolute Gasteiger partial charge is 0.355 e. The summed E-state index contributed by atoms with van der Waals surface area (Å²) in [6.45, 7) is 0. The molecule has 2 N–H and O–H groups in total.